The van der Waals surface area contributed by atoms with E-state index < -0.39 is 17.8 Å². The van der Waals surface area contributed by atoms with Crippen LogP contribution in [0.3, 0.4) is 0 Å². The largest absolute Gasteiger partial charge is 0.466 e. The first-order valence-electron chi connectivity index (χ1n) is 7.72. The molecule has 0 atom stereocenters. The molecule has 1 aromatic carbocycles. The fourth-order valence-electron chi connectivity index (χ4n) is 2.17. The molecule has 0 bridgehead atoms. The molecule has 0 aliphatic carbocycles. The number of amides is 2. The molecule has 0 radical (unpaired) electrons. The van der Waals surface area contributed by atoms with E-state index in [1.165, 1.54) is 54.1 Å². The van der Waals surface area contributed by atoms with Crippen molar-refractivity contribution in [2.75, 3.05) is 26.0 Å². The number of hydrogen-bond donors (Lipinski definition) is 1. The summed E-state index contributed by atoms with van der Waals surface area (Å²) in [5, 5.41) is 0.523. The molecule has 0 unspecified atom stereocenters. The highest BCUT2D eigenvalue weighted by Gasteiger charge is 2.27. The summed E-state index contributed by atoms with van der Waals surface area (Å²) >= 11 is 1.26. The van der Waals surface area contributed by atoms with Gasteiger partial charge in [0.25, 0.3) is 0 Å². The van der Waals surface area contributed by atoms with Crippen molar-refractivity contribution in [3.63, 3.8) is 0 Å². The van der Waals surface area contributed by atoms with Crippen LogP contribution in [0.25, 0.3) is 0 Å². The van der Waals surface area contributed by atoms with E-state index in [0.29, 0.717) is 29.1 Å². The van der Waals surface area contributed by atoms with Crippen molar-refractivity contribution in [2.45, 2.75) is 6.42 Å². The zero-order valence-electron chi connectivity index (χ0n) is 14.1. The van der Waals surface area contributed by atoms with Crippen LogP contribution >= 0.6 is 11.8 Å². The van der Waals surface area contributed by atoms with Gasteiger partial charge in [-0.15, -0.1) is 0 Å². The Morgan fingerprint density at radius 2 is 1.88 bits per heavy atom. The van der Waals surface area contributed by atoms with Crippen LogP contribution in [0.2, 0.25) is 0 Å². The molecule has 2 amide bonds. The number of carbonyl (C=O) groups is 4. The van der Waals surface area contributed by atoms with Gasteiger partial charge in [0.2, 0.25) is 11.8 Å². The molecule has 2 N–H and O–H groups in total. The number of rotatable bonds is 7. The Morgan fingerprint density at radius 1 is 1.23 bits per heavy atom. The molecule has 1 fully saturated rings. The molecule has 1 aliphatic rings. The highest BCUT2D eigenvalue weighted by molar-refractivity contribution is 8.04. The smallest absolute Gasteiger partial charge is 0.338 e. The number of carbonyl (C=O) groups excluding carboxylic acids is 4. The van der Waals surface area contributed by atoms with Crippen molar-refractivity contribution in [1.29, 1.82) is 0 Å². The van der Waals surface area contributed by atoms with Gasteiger partial charge in [-0.25, -0.2) is 9.59 Å². The summed E-state index contributed by atoms with van der Waals surface area (Å²) in [6.45, 7) is 0.429. The molecule has 0 saturated carbocycles. The first kappa shape index (κ1) is 19.5. The van der Waals surface area contributed by atoms with Crippen LogP contribution in [0.1, 0.15) is 27.1 Å². The van der Waals surface area contributed by atoms with E-state index in [-0.39, 0.29) is 18.3 Å². The zero-order chi connectivity index (χ0) is 19.1. The van der Waals surface area contributed by atoms with E-state index in [0.717, 1.165) is 0 Å². The summed E-state index contributed by atoms with van der Waals surface area (Å²) in [7, 11) is 1.26. The van der Waals surface area contributed by atoms with Gasteiger partial charge in [0, 0.05) is 12.1 Å². The quantitative estimate of drug-likeness (QED) is 0.426. The maximum absolute atomic E-state index is 11.9. The Hall–Kier alpha value is -2.81. The van der Waals surface area contributed by atoms with Gasteiger partial charge in [0.05, 0.1) is 36.1 Å². The third-order valence-corrected chi connectivity index (χ3v) is 4.54. The van der Waals surface area contributed by atoms with Gasteiger partial charge < -0.3 is 20.1 Å². The van der Waals surface area contributed by atoms with Crippen LogP contribution in [0.15, 0.2) is 35.4 Å². The number of esters is 2. The Kier molecular flexibility index (Phi) is 6.79. The molecule has 1 saturated heterocycles. The second-order valence-electron chi connectivity index (χ2n) is 5.27. The van der Waals surface area contributed by atoms with E-state index in [2.05, 4.69) is 4.74 Å². The second kappa shape index (κ2) is 9.04. The molecule has 138 valence electrons. The number of hydrogen-bond acceptors (Lipinski definition) is 7. The standard InChI is InChI=1S/C17H18N2O6S/c1-24-15(21)9-14-19(13(20)10-26-14)7-2-8-25-17(23)12-5-3-11(4-6-12)16(18)22/h3-6,9H,2,7-8,10H2,1H3,(H2,18,22)/b14-9+. The average Bonchev–Trinajstić information content (AvgIpc) is 2.98. The zero-order valence-corrected chi connectivity index (χ0v) is 14.9. The SMILES string of the molecule is COC(=O)/C=C1/SCC(=O)N1CCCOC(=O)c1ccc(C(N)=O)cc1. The van der Waals surface area contributed by atoms with Gasteiger partial charge in [-0.3, -0.25) is 9.59 Å². The van der Waals surface area contributed by atoms with Crippen LogP contribution in [-0.4, -0.2) is 54.7 Å². The number of nitrogens with two attached hydrogens (primary N) is 1. The predicted molar refractivity (Wildman–Crippen MR) is 94.1 cm³/mol. The molecule has 8 nitrogen and oxygen atoms in total. The molecule has 9 heteroatoms. The lowest BCUT2D eigenvalue weighted by atomic mass is 10.1. The Labute approximate surface area is 154 Å². The summed E-state index contributed by atoms with van der Waals surface area (Å²) in [6, 6.07) is 5.81. The minimum Gasteiger partial charge on any atom is -0.466 e. The van der Waals surface area contributed by atoms with Crippen LogP contribution in [0.5, 0.6) is 0 Å². The van der Waals surface area contributed by atoms with Crippen LogP contribution < -0.4 is 5.73 Å². The lowest BCUT2D eigenvalue weighted by Gasteiger charge is -2.16. The maximum Gasteiger partial charge on any atom is 0.338 e. The van der Waals surface area contributed by atoms with Gasteiger partial charge in [-0.2, -0.15) is 0 Å². The minimum atomic E-state index is -0.575. The van der Waals surface area contributed by atoms with Gasteiger partial charge in [0.1, 0.15) is 0 Å². The average molecular weight is 378 g/mol. The van der Waals surface area contributed by atoms with E-state index in [1.54, 1.807) is 0 Å². The van der Waals surface area contributed by atoms with Crippen LogP contribution in [0, 0.1) is 0 Å². The molecule has 2 rings (SSSR count). The molecule has 0 aromatic heterocycles. The molecule has 26 heavy (non-hydrogen) atoms. The van der Waals surface area contributed by atoms with Gasteiger partial charge in [-0.05, 0) is 30.7 Å². The first-order chi connectivity index (χ1) is 12.4. The topological polar surface area (TPSA) is 116 Å². The fourth-order valence-corrected chi connectivity index (χ4v) is 3.13. The van der Waals surface area contributed by atoms with Crippen molar-refractivity contribution in [2.24, 2.45) is 5.73 Å². The lowest BCUT2D eigenvalue weighted by Crippen LogP contribution is -2.27. The van der Waals surface area contributed by atoms with Crippen molar-refractivity contribution in [1.82, 2.24) is 4.90 Å². The molecular formula is C17H18N2O6S. The van der Waals surface area contributed by atoms with Gasteiger partial charge in [-0.1, -0.05) is 11.8 Å². The number of thioether (sulfide) groups is 1. The summed E-state index contributed by atoms with van der Waals surface area (Å²) in [5.74, 6) is -1.49. The fraction of sp³-hybridized carbons (Fsp3) is 0.294. The molecule has 1 heterocycles. The highest BCUT2D eigenvalue weighted by atomic mass is 32.2. The van der Waals surface area contributed by atoms with Gasteiger partial charge >= 0.3 is 11.9 Å². The van der Waals surface area contributed by atoms with Crippen molar-refractivity contribution in [3.8, 4) is 0 Å². The van der Waals surface area contributed by atoms with Crippen LogP contribution in [-0.2, 0) is 19.1 Å². The summed E-state index contributed by atoms with van der Waals surface area (Å²) in [6.07, 6.45) is 1.68. The van der Waals surface area contributed by atoms with Crippen molar-refractivity contribution < 1.29 is 28.7 Å². The number of primary amides is 1. The molecule has 0 spiro atoms. The molecule has 1 aromatic rings. The Balaban J connectivity index is 1.82. The van der Waals surface area contributed by atoms with Crippen LogP contribution in [0.4, 0.5) is 0 Å². The van der Waals surface area contributed by atoms with E-state index >= 15 is 0 Å². The highest BCUT2D eigenvalue weighted by Crippen LogP contribution is 2.28. The Morgan fingerprint density at radius 3 is 2.50 bits per heavy atom. The van der Waals surface area contributed by atoms with Crippen molar-refractivity contribution in [3.05, 3.63) is 46.5 Å². The lowest BCUT2D eigenvalue weighted by molar-refractivity contribution is -0.134. The monoisotopic (exact) mass is 378 g/mol. The number of nitrogens with zero attached hydrogens (tertiary/aromatic N) is 1. The summed E-state index contributed by atoms with van der Waals surface area (Å²) < 4.78 is 9.71. The number of benzene rings is 1. The summed E-state index contributed by atoms with van der Waals surface area (Å²) in [4.78, 5) is 47.6. The maximum atomic E-state index is 11.9. The normalized spacial score (nSPS) is 15.2. The van der Waals surface area contributed by atoms with Crippen molar-refractivity contribution >= 4 is 35.5 Å². The first-order valence-corrected chi connectivity index (χ1v) is 8.70. The third-order valence-electron chi connectivity index (χ3n) is 3.52. The number of ether oxygens (including phenoxy) is 2. The van der Waals surface area contributed by atoms with E-state index in [9.17, 15) is 19.2 Å². The molecule has 1 aliphatic heterocycles. The van der Waals surface area contributed by atoms with Gasteiger partial charge in [0.15, 0.2) is 0 Å². The Bertz CT molecular complexity index is 744. The number of methoxy groups -OCH3 is 1. The predicted octanol–water partition coefficient (Wildman–Crippen LogP) is 0.922. The summed E-state index contributed by atoms with van der Waals surface area (Å²) in [5.41, 5.74) is 5.74. The van der Waals surface area contributed by atoms with E-state index in [1.807, 2.05) is 0 Å². The molecular weight excluding hydrogens is 360 g/mol. The van der Waals surface area contributed by atoms with E-state index in [4.69, 9.17) is 10.5 Å². The minimum absolute atomic E-state index is 0.107. The second-order valence-corrected chi connectivity index (χ2v) is 6.27. The third kappa shape index (κ3) is 5.09.